The normalized spacial score (nSPS) is 27.2. The number of carbonyl (C=O) groups is 1. The van der Waals surface area contributed by atoms with Gasteiger partial charge < -0.3 is 15.6 Å². The van der Waals surface area contributed by atoms with Crippen LogP contribution in [0.4, 0.5) is 0 Å². The number of imidazole rings is 1. The lowest BCUT2D eigenvalue weighted by molar-refractivity contribution is 0.0581. The van der Waals surface area contributed by atoms with E-state index in [9.17, 15) is 4.79 Å². The highest BCUT2D eigenvalue weighted by Crippen LogP contribution is 2.39. The lowest BCUT2D eigenvalue weighted by Crippen LogP contribution is -2.64. The van der Waals surface area contributed by atoms with Gasteiger partial charge in [0.2, 0.25) is 0 Å². The minimum atomic E-state index is -0.0787. The van der Waals surface area contributed by atoms with Gasteiger partial charge in [0.25, 0.3) is 5.91 Å². The number of nitrogens with one attached hydrogen (secondary N) is 1. The van der Waals surface area contributed by atoms with Crippen molar-refractivity contribution in [3.63, 3.8) is 0 Å². The van der Waals surface area contributed by atoms with Gasteiger partial charge in [-0.1, -0.05) is 13.8 Å². The fourth-order valence-corrected chi connectivity index (χ4v) is 2.01. The van der Waals surface area contributed by atoms with Gasteiger partial charge in [0, 0.05) is 24.5 Å². The predicted octanol–water partition coefficient (Wildman–Crippen LogP) is 0.276. The van der Waals surface area contributed by atoms with E-state index in [-0.39, 0.29) is 23.4 Å². The summed E-state index contributed by atoms with van der Waals surface area (Å²) in [6, 6.07) is 0.328. The second-order valence-electron chi connectivity index (χ2n) is 5.08. The second kappa shape index (κ2) is 3.59. The molecule has 1 aliphatic carbocycles. The number of aryl methyl sites for hydroxylation is 1. The van der Waals surface area contributed by atoms with Gasteiger partial charge in [-0.2, -0.15) is 0 Å². The highest BCUT2D eigenvalue weighted by atomic mass is 16.2. The highest BCUT2D eigenvalue weighted by Gasteiger charge is 2.46. The molecule has 2 unspecified atom stereocenters. The number of nitrogens with zero attached hydrogens (tertiary/aromatic N) is 2. The van der Waals surface area contributed by atoms with E-state index < -0.39 is 0 Å². The summed E-state index contributed by atoms with van der Waals surface area (Å²) in [5.74, 6) is -0.0787. The van der Waals surface area contributed by atoms with Crippen LogP contribution in [0.5, 0.6) is 0 Å². The molecule has 3 N–H and O–H groups in total. The maximum atomic E-state index is 11.9. The zero-order valence-electron chi connectivity index (χ0n) is 9.90. The summed E-state index contributed by atoms with van der Waals surface area (Å²) in [5.41, 5.74) is 6.46. The molecule has 0 spiro atoms. The Kier molecular flexibility index (Phi) is 2.50. The lowest BCUT2D eigenvalue weighted by atomic mass is 9.63. The second-order valence-corrected chi connectivity index (χ2v) is 5.08. The summed E-state index contributed by atoms with van der Waals surface area (Å²) in [6.45, 7) is 4.16. The Morgan fingerprint density at radius 2 is 2.38 bits per heavy atom. The van der Waals surface area contributed by atoms with Gasteiger partial charge in [-0.25, -0.2) is 4.98 Å². The third-order valence-electron chi connectivity index (χ3n) is 3.70. The van der Waals surface area contributed by atoms with Crippen LogP contribution >= 0.6 is 0 Å². The Hall–Kier alpha value is -1.36. The summed E-state index contributed by atoms with van der Waals surface area (Å²) >= 11 is 0. The van der Waals surface area contributed by atoms with Gasteiger partial charge in [-0.05, 0) is 6.42 Å². The average Bonchev–Trinajstić information content (AvgIpc) is 2.64. The summed E-state index contributed by atoms with van der Waals surface area (Å²) in [7, 11) is 1.81. The van der Waals surface area contributed by atoms with Crippen molar-refractivity contribution in [3.05, 3.63) is 18.2 Å². The van der Waals surface area contributed by atoms with Crippen molar-refractivity contribution in [2.45, 2.75) is 32.4 Å². The van der Waals surface area contributed by atoms with Gasteiger partial charge in [-0.3, -0.25) is 4.79 Å². The van der Waals surface area contributed by atoms with Crippen molar-refractivity contribution >= 4 is 5.91 Å². The van der Waals surface area contributed by atoms with E-state index in [0.29, 0.717) is 5.69 Å². The van der Waals surface area contributed by atoms with Gasteiger partial charge in [0.1, 0.15) is 5.69 Å². The van der Waals surface area contributed by atoms with Gasteiger partial charge in [0.15, 0.2) is 0 Å². The molecule has 1 fully saturated rings. The van der Waals surface area contributed by atoms with Crippen LogP contribution in [0.3, 0.4) is 0 Å². The minimum absolute atomic E-state index is 0.0196. The van der Waals surface area contributed by atoms with Crippen molar-refractivity contribution in [2.75, 3.05) is 0 Å². The Morgan fingerprint density at radius 3 is 2.81 bits per heavy atom. The monoisotopic (exact) mass is 222 g/mol. The van der Waals surface area contributed by atoms with Crippen LogP contribution in [0.2, 0.25) is 0 Å². The number of carbonyl (C=O) groups excluding carboxylic acids is 1. The molecule has 88 valence electrons. The van der Waals surface area contributed by atoms with E-state index in [1.807, 2.05) is 0 Å². The van der Waals surface area contributed by atoms with Crippen molar-refractivity contribution in [2.24, 2.45) is 18.2 Å². The number of amides is 1. The topological polar surface area (TPSA) is 72.9 Å². The highest BCUT2D eigenvalue weighted by molar-refractivity contribution is 5.92. The predicted molar refractivity (Wildman–Crippen MR) is 60.8 cm³/mol. The van der Waals surface area contributed by atoms with Crippen LogP contribution in [0.25, 0.3) is 0 Å². The molecule has 0 bridgehead atoms. The van der Waals surface area contributed by atoms with E-state index in [1.54, 1.807) is 24.1 Å². The number of hydrogen-bond acceptors (Lipinski definition) is 3. The molecule has 1 aliphatic rings. The number of nitrogens with two attached hydrogens (primary N) is 1. The van der Waals surface area contributed by atoms with Crippen LogP contribution in [-0.2, 0) is 7.05 Å². The van der Waals surface area contributed by atoms with Crippen LogP contribution in [0.15, 0.2) is 12.5 Å². The Balaban J connectivity index is 2.02. The number of hydrogen-bond donors (Lipinski definition) is 2. The first-order valence-electron chi connectivity index (χ1n) is 5.45. The molecule has 0 radical (unpaired) electrons. The molecule has 5 heteroatoms. The van der Waals surface area contributed by atoms with Crippen molar-refractivity contribution < 1.29 is 4.79 Å². The summed E-state index contributed by atoms with van der Waals surface area (Å²) < 4.78 is 1.71. The molecule has 2 rings (SSSR count). The van der Waals surface area contributed by atoms with E-state index in [4.69, 9.17) is 5.73 Å². The van der Waals surface area contributed by atoms with Gasteiger partial charge >= 0.3 is 0 Å². The SMILES string of the molecule is Cn1cncc1C(=O)NC1CC(N)C1(C)C. The smallest absolute Gasteiger partial charge is 0.269 e. The van der Waals surface area contributed by atoms with E-state index in [2.05, 4.69) is 24.1 Å². The standard InChI is InChI=1S/C11H18N4O/c1-11(2)8(12)4-9(11)14-10(16)7-5-13-6-15(7)3/h5-6,8-9H,4,12H2,1-3H3,(H,14,16). The van der Waals surface area contributed by atoms with Gasteiger partial charge in [-0.15, -0.1) is 0 Å². The maximum absolute atomic E-state index is 11.9. The molecule has 5 nitrogen and oxygen atoms in total. The molecule has 1 amide bonds. The fraction of sp³-hybridized carbons (Fsp3) is 0.636. The largest absolute Gasteiger partial charge is 0.347 e. The van der Waals surface area contributed by atoms with Crippen LogP contribution in [-0.4, -0.2) is 27.5 Å². The first-order valence-corrected chi connectivity index (χ1v) is 5.45. The lowest BCUT2D eigenvalue weighted by Gasteiger charge is -2.50. The minimum Gasteiger partial charge on any atom is -0.347 e. The molecule has 0 aliphatic heterocycles. The first-order chi connectivity index (χ1) is 7.43. The van der Waals surface area contributed by atoms with Crippen LogP contribution in [0, 0.1) is 5.41 Å². The number of rotatable bonds is 2. The fourth-order valence-electron chi connectivity index (χ4n) is 2.01. The van der Waals surface area contributed by atoms with E-state index in [0.717, 1.165) is 6.42 Å². The zero-order chi connectivity index (χ0) is 11.9. The molecule has 1 heterocycles. The third kappa shape index (κ3) is 1.61. The van der Waals surface area contributed by atoms with E-state index >= 15 is 0 Å². The molecular formula is C11H18N4O. The molecule has 1 saturated carbocycles. The maximum Gasteiger partial charge on any atom is 0.269 e. The average molecular weight is 222 g/mol. The Labute approximate surface area is 95.0 Å². The number of aromatic nitrogens is 2. The van der Waals surface area contributed by atoms with Crippen molar-refractivity contribution in [1.82, 2.24) is 14.9 Å². The Bertz CT molecular complexity index is 410. The van der Waals surface area contributed by atoms with Crippen LogP contribution in [0.1, 0.15) is 30.8 Å². The summed E-state index contributed by atoms with van der Waals surface area (Å²) in [4.78, 5) is 15.8. The van der Waals surface area contributed by atoms with Crippen molar-refractivity contribution in [3.8, 4) is 0 Å². The Morgan fingerprint density at radius 1 is 1.69 bits per heavy atom. The molecule has 2 atom stereocenters. The first kappa shape index (κ1) is 11.1. The molecular weight excluding hydrogens is 204 g/mol. The zero-order valence-corrected chi connectivity index (χ0v) is 9.90. The van der Waals surface area contributed by atoms with Gasteiger partial charge in [0.05, 0.1) is 12.5 Å². The third-order valence-corrected chi connectivity index (χ3v) is 3.70. The molecule has 0 saturated heterocycles. The summed E-state index contributed by atoms with van der Waals surface area (Å²) in [5, 5.41) is 3.00. The quantitative estimate of drug-likeness (QED) is 0.754. The summed E-state index contributed by atoms with van der Waals surface area (Å²) in [6.07, 6.45) is 4.03. The van der Waals surface area contributed by atoms with Crippen LogP contribution < -0.4 is 11.1 Å². The van der Waals surface area contributed by atoms with E-state index in [1.165, 1.54) is 0 Å². The molecule has 1 aromatic heterocycles. The van der Waals surface area contributed by atoms with Crippen molar-refractivity contribution in [1.29, 1.82) is 0 Å². The molecule has 16 heavy (non-hydrogen) atoms. The molecule has 0 aromatic carbocycles. The molecule has 1 aromatic rings.